The van der Waals surface area contributed by atoms with Gasteiger partial charge in [-0.3, -0.25) is 4.79 Å². The number of pyridine rings is 1. The molecule has 0 saturated heterocycles. The van der Waals surface area contributed by atoms with Gasteiger partial charge >= 0.3 is 6.18 Å². The van der Waals surface area contributed by atoms with Crippen LogP contribution in [0.25, 0.3) is 11.1 Å². The summed E-state index contributed by atoms with van der Waals surface area (Å²) in [6.07, 6.45) is -2.16. The quantitative estimate of drug-likeness (QED) is 0.423. The third-order valence-corrected chi connectivity index (χ3v) is 3.96. The molecule has 3 rings (SSSR count). The van der Waals surface area contributed by atoms with Crippen molar-refractivity contribution in [2.75, 3.05) is 6.61 Å². The van der Waals surface area contributed by atoms with Crippen molar-refractivity contribution >= 4 is 17.4 Å². The minimum absolute atomic E-state index is 0.0344. The fraction of sp³-hybridized carbons (Fsp3) is 0.158. The summed E-state index contributed by atoms with van der Waals surface area (Å²) in [5, 5.41) is 7.44. The second kappa shape index (κ2) is 8.52. The summed E-state index contributed by atoms with van der Waals surface area (Å²) in [6, 6.07) is 8.06. The lowest BCUT2D eigenvalue weighted by atomic mass is 10.0. The summed E-state index contributed by atoms with van der Waals surface area (Å²) in [4.78, 5) is 16.2. The third-order valence-electron chi connectivity index (χ3n) is 3.72. The van der Waals surface area contributed by atoms with E-state index in [2.05, 4.69) is 15.2 Å². The lowest BCUT2D eigenvalue weighted by Gasteiger charge is -2.14. The number of ether oxygens (including phenoxy) is 1. The smallest absolute Gasteiger partial charge is 0.422 e. The van der Waals surface area contributed by atoms with E-state index >= 15 is 0 Å². The number of alkyl halides is 3. The van der Waals surface area contributed by atoms with Crippen molar-refractivity contribution in [2.45, 2.75) is 12.6 Å². The number of aromatic nitrogens is 3. The number of Topliss-reactive ketones (excluding diaryl/α,β-unsaturated/α-hetero) is 1. The van der Waals surface area contributed by atoms with Gasteiger partial charge in [0.1, 0.15) is 11.5 Å². The van der Waals surface area contributed by atoms with Gasteiger partial charge in [0, 0.05) is 35.0 Å². The van der Waals surface area contributed by atoms with E-state index in [0.29, 0.717) is 5.56 Å². The number of carbonyl (C=O) groups is 1. The molecule has 2 aromatic heterocycles. The first-order valence-electron chi connectivity index (χ1n) is 8.18. The highest BCUT2D eigenvalue weighted by atomic mass is 35.5. The van der Waals surface area contributed by atoms with Gasteiger partial charge in [-0.25, -0.2) is 9.37 Å². The summed E-state index contributed by atoms with van der Waals surface area (Å²) >= 11 is 5.74. The van der Waals surface area contributed by atoms with E-state index < -0.39 is 24.5 Å². The Kier molecular flexibility index (Phi) is 6.07. The molecule has 10 heteroatoms. The number of rotatable bonds is 6. The number of halogens is 5. The highest BCUT2D eigenvalue weighted by Crippen LogP contribution is 2.33. The Labute approximate surface area is 167 Å². The van der Waals surface area contributed by atoms with Crippen LogP contribution in [0.2, 0.25) is 5.02 Å². The summed E-state index contributed by atoms with van der Waals surface area (Å²) in [5.41, 5.74) is 0.356. The molecule has 0 bridgehead atoms. The zero-order valence-corrected chi connectivity index (χ0v) is 15.3. The summed E-state index contributed by atoms with van der Waals surface area (Å²) < 4.78 is 56.8. The van der Waals surface area contributed by atoms with E-state index in [1.165, 1.54) is 36.7 Å². The van der Waals surface area contributed by atoms with Crippen molar-refractivity contribution in [2.24, 2.45) is 0 Å². The standard InChI is InChI=1S/C19H12ClF4N3O2/c20-12-3-4-13(15(21)8-12)14-6-11(7-17(28)16-2-1-5-26-27-16)9-25-18(14)29-10-19(22,23)24/h1-6,8-9H,7,10H2. The molecule has 0 saturated carbocycles. The van der Waals surface area contributed by atoms with Gasteiger partial charge in [-0.05, 0) is 42.0 Å². The normalized spacial score (nSPS) is 11.3. The van der Waals surface area contributed by atoms with Crippen LogP contribution in [0.1, 0.15) is 16.1 Å². The van der Waals surface area contributed by atoms with E-state index in [1.807, 2.05) is 0 Å². The van der Waals surface area contributed by atoms with Crippen LogP contribution in [0.15, 0.2) is 48.8 Å². The Balaban J connectivity index is 1.97. The van der Waals surface area contributed by atoms with Crippen LogP contribution in [0.4, 0.5) is 17.6 Å². The molecular formula is C19H12ClF4N3O2. The second-order valence-corrected chi connectivity index (χ2v) is 6.37. The highest BCUT2D eigenvalue weighted by molar-refractivity contribution is 6.30. The molecule has 0 amide bonds. The van der Waals surface area contributed by atoms with Crippen molar-refractivity contribution in [3.05, 3.63) is 70.9 Å². The van der Waals surface area contributed by atoms with Crippen LogP contribution in [-0.4, -0.2) is 33.7 Å². The molecule has 0 fully saturated rings. The molecule has 29 heavy (non-hydrogen) atoms. The van der Waals surface area contributed by atoms with Crippen molar-refractivity contribution < 1.29 is 27.1 Å². The molecule has 5 nitrogen and oxygen atoms in total. The number of nitrogens with zero attached hydrogens (tertiary/aromatic N) is 3. The van der Waals surface area contributed by atoms with E-state index in [-0.39, 0.29) is 34.0 Å². The first-order chi connectivity index (χ1) is 13.7. The van der Waals surface area contributed by atoms with E-state index in [9.17, 15) is 22.4 Å². The molecule has 0 spiro atoms. The predicted molar refractivity (Wildman–Crippen MR) is 96.3 cm³/mol. The van der Waals surface area contributed by atoms with Crippen molar-refractivity contribution in [3.8, 4) is 17.0 Å². The maximum atomic E-state index is 14.4. The molecule has 0 unspecified atom stereocenters. The monoisotopic (exact) mass is 425 g/mol. The molecule has 0 atom stereocenters. The Morgan fingerprint density at radius 3 is 2.59 bits per heavy atom. The zero-order valence-electron chi connectivity index (χ0n) is 14.6. The largest absolute Gasteiger partial charge is 0.468 e. The van der Waals surface area contributed by atoms with Crippen LogP contribution < -0.4 is 4.74 Å². The van der Waals surface area contributed by atoms with E-state index in [4.69, 9.17) is 16.3 Å². The fourth-order valence-corrected chi connectivity index (χ4v) is 2.64. The molecule has 150 valence electrons. The molecule has 0 radical (unpaired) electrons. The van der Waals surface area contributed by atoms with Gasteiger partial charge < -0.3 is 4.74 Å². The number of ketones is 1. The molecule has 0 N–H and O–H groups in total. The minimum Gasteiger partial charge on any atom is -0.468 e. The fourth-order valence-electron chi connectivity index (χ4n) is 2.48. The molecule has 0 aliphatic carbocycles. The lowest BCUT2D eigenvalue weighted by molar-refractivity contribution is -0.154. The summed E-state index contributed by atoms with van der Waals surface area (Å²) in [6.45, 7) is -1.60. The van der Waals surface area contributed by atoms with Gasteiger partial charge in [-0.15, -0.1) is 5.10 Å². The SMILES string of the molecule is O=C(Cc1cnc(OCC(F)(F)F)c(-c2ccc(Cl)cc2F)c1)c1cccnn1. The van der Waals surface area contributed by atoms with Crippen LogP contribution in [0.5, 0.6) is 5.88 Å². The average Bonchev–Trinajstić information content (AvgIpc) is 2.67. The van der Waals surface area contributed by atoms with Gasteiger partial charge in [-0.1, -0.05) is 11.6 Å². The topological polar surface area (TPSA) is 65.0 Å². The minimum atomic E-state index is -4.60. The zero-order chi connectivity index (χ0) is 21.0. The van der Waals surface area contributed by atoms with Crippen LogP contribution >= 0.6 is 11.6 Å². The van der Waals surface area contributed by atoms with Gasteiger partial charge in [0.25, 0.3) is 0 Å². The first-order valence-corrected chi connectivity index (χ1v) is 8.55. The maximum Gasteiger partial charge on any atom is 0.422 e. The maximum absolute atomic E-state index is 14.4. The Morgan fingerprint density at radius 1 is 1.14 bits per heavy atom. The van der Waals surface area contributed by atoms with Crippen LogP contribution in [-0.2, 0) is 6.42 Å². The number of hydrogen-bond donors (Lipinski definition) is 0. The van der Waals surface area contributed by atoms with E-state index in [1.54, 1.807) is 6.07 Å². The van der Waals surface area contributed by atoms with Gasteiger partial charge in [0.15, 0.2) is 12.4 Å². The lowest BCUT2D eigenvalue weighted by Crippen LogP contribution is -2.20. The highest BCUT2D eigenvalue weighted by Gasteiger charge is 2.29. The average molecular weight is 426 g/mol. The second-order valence-electron chi connectivity index (χ2n) is 5.93. The number of benzene rings is 1. The molecule has 1 aromatic carbocycles. The molecule has 0 aliphatic rings. The summed E-state index contributed by atoms with van der Waals surface area (Å²) in [5.74, 6) is -1.57. The number of hydrogen-bond acceptors (Lipinski definition) is 5. The van der Waals surface area contributed by atoms with Crippen molar-refractivity contribution in [1.82, 2.24) is 15.2 Å². The molecule has 3 aromatic rings. The predicted octanol–water partition coefficient (Wildman–Crippen LogP) is 4.70. The van der Waals surface area contributed by atoms with Crippen LogP contribution in [0, 0.1) is 5.82 Å². The number of carbonyl (C=O) groups excluding carboxylic acids is 1. The van der Waals surface area contributed by atoms with E-state index in [0.717, 1.165) is 6.07 Å². The molecule has 0 aliphatic heterocycles. The van der Waals surface area contributed by atoms with Gasteiger partial charge in [-0.2, -0.15) is 18.3 Å². The van der Waals surface area contributed by atoms with Gasteiger partial charge in [0.05, 0.1) is 0 Å². The molecule has 2 heterocycles. The summed E-state index contributed by atoms with van der Waals surface area (Å²) in [7, 11) is 0. The van der Waals surface area contributed by atoms with Gasteiger partial charge in [0.2, 0.25) is 5.88 Å². The Bertz CT molecular complexity index is 1030. The van der Waals surface area contributed by atoms with Crippen molar-refractivity contribution in [1.29, 1.82) is 0 Å². The van der Waals surface area contributed by atoms with Crippen LogP contribution in [0.3, 0.4) is 0 Å². The third kappa shape index (κ3) is 5.47. The van der Waals surface area contributed by atoms with Crippen molar-refractivity contribution in [3.63, 3.8) is 0 Å². The molecular weight excluding hydrogens is 414 g/mol. The first kappa shape index (κ1) is 20.7. The Morgan fingerprint density at radius 2 is 1.93 bits per heavy atom. The Hall–Kier alpha value is -3.07.